The summed E-state index contributed by atoms with van der Waals surface area (Å²) in [4.78, 5) is 0. The van der Waals surface area contributed by atoms with Crippen LogP contribution in [0, 0.1) is 30.4 Å². The first-order valence-corrected chi connectivity index (χ1v) is 14.6. The zero-order valence-electron chi connectivity index (χ0n) is 23.9. The molecule has 40 heavy (non-hydrogen) atoms. The summed E-state index contributed by atoms with van der Waals surface area (Å²) in [7, 11) is 0. The van der Waals surface area contributed by atoms with Crippen LogP contribution >= 0.6 is 0 Å². The van der Waals surface area contributed by atoms with Gasteiger partial charge in [0.05, 0.1) is 0 Å². The topological polar surface area (TPSA) is 0 Å². The predicted octanol–water partition coefficient (Wildman–Crippen LogP) is 3.14. The molecule has 0 fully saturated rings. The summed E-state index contributed by atoms with van der Waals surface area (Å²) in [6.07, 6.45) is 8.70. The van der Waals surface area contributed by atoms with Crippen LogP contribution in [-0.2, 0) is 30.7 Å². The van der Waals surface area contributed by atoms with Crippen LogP contribution in [-0.4, -0.2) is 3.21 Å². The van der Waals surface area contributed by atoms with E-state index in [0.29, 0.717) is 11.3 Å². The van der Waals surface area contributed by atoms with Gasteiger partial charge < -0.3 is 24.8 Å². The minimum atomic E-state index is 0. The molecule has 0 heterocycles. The number of halogens is 2. The van der Waals surface area contributed by atoms with Gasteiger partial charge in [0.15, 0.2) is 0 Å². The molecule has 0 spiro atoms. The van der Waals surface area contributed by atoms with E-state index in [1.807, 2.05) is 6.07 Å². The fourth-order valence-electron chi connectivity index (χ4n) is 4.54. The van der Waals surface area contributed by atoms with Crippen molar-refractivity contribution in [1.29, 1.82) is 0 Å². The van der Waals surface area contributed by atoms with Crippen LogP contribution in [0.15, 0.2) is 115 Å². The van der Waals surface area contributed by atoms with Crippen molar-refractivity contribution in [3.05, 3.63) is 155 Å². The summed E-state index contributed by atoms with van der Waals surface area (Å²) in [6, 6.07) is 37.4. The molecule has 2 aliphatic carbocycles. The molecule has 0 saturated carbocycles. The van der Waals surface area contributed by atoms with Crippen LogP contribution in [0.3, 0.4) is 0 Å². The standard InChI is InChI=1S/C14H12.C13H9.C10H15.2ClH.Zr/c1-12-7-9-14(10-8-12)11-13-5-3-2-4-6-13;1-3-7-12-10(5-1)9-11-6-2-4-8-13(11)12;1-8-5-6-9(7-8)10(2,3)4;;;/h2-10H,1H3;1-5,7-8H,9H2;6-8H,1-4H3;2*1H;/q;2*-1;;;+2/p-2. The zero-order chi connectivity index (χ0) is 27.1. The molecule has 0 aromatic heterocycles. The van der Waals surface area contributed by atoms with Gasteiger partial charge >= 0.3 is 106 Å². The van der Waals surface area contributed by atoms with Crippen LogP contribution in [0.2, 0.25) is 0 Å². The van der Waals surface area contributed by atoms with E-state index in [-0.39, 0.29) is 24.8 Å². The molecule has 4 aromatic carbocycles. The Kier molecular flexibility index (Phi) is 13.2. The minimum Gasteiger partial charge on any atom is -1.00 e. The minimum absolute atomic E-state index is 0. The van der Waals surface area contributed by atoms with Gasteiger partial charge in [0.2, 0.25) is 0 Å². The molecule has 4 aromatic rings. The van der Waals surface area contributed by atoms with Crippen molar-refractivity contribution in [2.75, 3.05) is 0 Å². The first-order chi connectivity index (χ1) is 18.2. The molecule has 0 amide bonds. The van der Waals surface area contributed by atoms with E-state index in [9.17, 15) is 0 Å². The first-order valence-electron chi connectivity index (χ1n) is 13.3. The monoisotopic (exact) mass is 640 g/mol. The normalized spacial score (nSPS) is 14.1. The van der Waals surface area contributed by atoms with Gasteiger partial charge in [-0.3, -0.25) is 6.08 Å². The molecule has 204 valence electrons. The van der Waals surface area contributed by atoms with E-state index in [0.717, 1.165) is 6.42 Å². The molecular weight excluding hydrogens is 607 g/mol. The van der Waals surface area contributed by atoms with Gasteiger partial charge in [0, 0.05) is 0 Å². The fraction of sp³-hybridized carbons (Fsp3) is 0.216. The Balaban J connectivity index is 0.000000209. The van der Waals surface area contributed by atoms with E-state index >= 15 is 0 Å². The molecule has 1 atom stereocenters. The third-order valence-corrected chi connectivity index (χ3v) is 8.24. The van der Waals surface area contributed by atoms with Gasteiger partial charge in [0.25, 0.3) is 0 Å². The summed E-state index contributed by atoms with van der Waals surface area (Å²) in [5, 5.41) is 0. The molecular formula is C37H36Cl2Zr-2. The third kappa shape index (κ3) is 9.10. The molecule has 6 rings (SSSR count). The SMILES string of the molecule is CC1[C-]=CC(C(C)(C)C)=C1.Cc1ccc([C](=[Zr+2])c2ccccc2)cc1.[Cl-].[Cl-].[c-]1cccc2c1Cc1ccccc1-2. The van der Waals surface area contributed by atoms with Crippen molar-refractivity contribution < 1.29 is 49.0 Å². The number of fused-ring (bicyclic) bond motifs is 3. The van der Waals surface area contributed by atoms with Crippen LogP contribution in [0.5, 0.6) is 0 Å². The smallest absolute Gasteiger partial charge is 0.0253 e. The van der Waals surface area contributed by atoms with Gasteiger partial charge in [-0.05, 0) is 6.42 Å². The summed E-state index contributed by atoms with van der Waals surface area (Å²) >= 11 is 1.46. The fourth-order valence-corrected chi connectivity index (χ4v) is 5.36. The van der Waals surface area contributed by atoms with Gasteiger partial charge in [-0.1, -0.05) is 74.4 Å². The molecule has 0 N–H and O–H groups in total. The first kappa shape index (κ1) is 33.9. The van der Waals surface area contributed by atoms with E-state index in [4.69, 9.17) is 0 Å². The van der Waals surface area contributed by atoms with Crippen molar-refractivity contribution in [3.8, 4) is 11.1 Å². The molecule has 1 unspecified atom stereocenters. The third-order valence-electron chi connectivity index (χ3n) is 6.82. The van der Waals surface area contributed by atoms with E-state index in [2.05, 4.69) is 150 Å². The molecule has 0 nitrogen and oxygen atoms in total. The average Bonchev–Trinajstić information content (AvgIpc) is 3.54. The maximum atomic E-state index is 3.30. The number of hydrogen-bond donors (Lipinski definition) is 0. The molecule has 2 aliphatic rings. The molecule has 0 radical (unpaired) electrons. The zero-order valence-corrected chi connectivity index (χ0v) is 27.9. The Hall–Kier alpha value is -2.31. The summed E-state index contributed by atoms with van der Waals surface area (Å²) in [5.74, 6) is 0.522. The van der Waals surface area contributed by atoms with Crippen molar-refractivity contribution in [1.82, 2.24) is 0 Å². The average molecular weight is 643 g/mol. The van der Waals surface area contributed by atoms with E-state index in [1.165, 1.54) is 72.0 Å². The van der Waals surface area contributed by atoms with Crippen molar-refractivity contribution >= 4 is 3.21 Å². The predicted molar refractivity (Wildman–Crippen MR) is 159 cm³/mol. The Morgan fingerprint density at radius 2 is 1.38 bits per heavy atom. The van der Waals surface area contributed by atoms with Gasteiger partial charge in [0.1, 0.15) is 0 Å². The van der Waals surface area contributed by atoms with Crippen LogP contribution in [0.25, 0.3) is 11.1 Å². The summed E-state index contributed by atoms with van der Waals surface area (Å²) < 4.78 is 1.42. The van der Waals surface area contributed by atoms with Crippen molar-refractivity contribution in [2.24, 2.45) is 11.3 Å². The quantitative estimate of drug-likeness (QED) is 0.260. The Morgan fingerprint density at radius 3 is 1.98 bits per heavy atom. The largest absolute Gasteiger partial charge is 1.00 e. The second kappa shape index (κ2) is 15.6. The molecule has 0 bridgehead atoms. The van der Waals surface area contributed by atoms with E-state index < -0.39 is 0 Å². The Bertz CT molecular complexity index is 1400. The Morgan fingerprint density at radius 1 is 0.775 bits per heavy atom. The second-order valence-electron chi connectivity index (χ2n) is 11.0. The Labute approximate surface area is 268 Å². The van der Waals surface area contributed by atoms with Crippen molar-refractivity contribution in [2.45, 2.75) is 41.0 Å². The van der Waals surface area contributed by atoms with E-state index in [1.54, 1.807) is 0 Å². The van der Waals surface area contributed by atoms with Crippen molar-refractivity contribution in [3.63, 3.8) is 0 Å². The number of aryl methyl sites for hydroxylation is 1. The number of rotatable bonds is 2. The molecule has 0 aliphatic heterocycles. The second-order valence-corrected chi connectivity index (χ2v) is 12.2. The van der Waals surface area contributed by atoms with Crippen LogP contribution < -0.4 is 24.8 Å². The van der Waals surface area contributed by atoms with Gasteiger partial charge in [-0.15, -0.1) is 5.56 Å². The van der Waals surface area contributed by atoms with Gasteiger partial charge in [-0.25, -0.2) is 6.08 Å². The van der Waals surface area contributed by atoms with Gasteiger partial charge in [-0.2, -0.15) is 41.5 Å². The maximum absolute atomic E-state index is 3.30. The summed E-state index contributed by atoms with van der Waals surface area (Å²) in [5.41, 5.74) is 11.2. The maximum Gasteiger partial charge on any atom is -0.0253 e. The number of benzene rings is 4. The number of allylic oxidation sites excluding steroid dienone is 4. The van der Waals surface area contributed by atoms with Crippen LogP contribution in [0.4, 0.5) is 0 Å². The molecule has 0 saturated heterocycles. The molecule has 3 heteroatoms. The number of hydrogen-bond acceptors (Lipinski definition) is 0. The van der Waals surface area contributed by atoms with Crippen LogP contribution in [0.1, 0.15) is 55.5 Å². The summed E-state index contributed by atoms with van der Waals surface area (Å²) in [6.45, 7) is 11.0.